The smallest absolute Gasteiger partial charge is 0.0622 e. The minimum Gasteiger partial charge on any atom is -0.379 e. The van der Waals surface area contributed by atoms with Gasteiger partial charge >= 0.3 is 0 Å². The molecule has 0 spiro atoms. The van der Waals surface area contributed by atoms with Crippen molar-refractivity contribution in [2.45, 2.75) is 39.2 Å². The van der Waals surface area contributed by atoms with E-state index in [4.69, 9.17) is 4.74 Å². The van der Waals surface area contributed by atoms with Crippen LogP contribution in [0.15, 0.2) is 0 Å². The van der Waals surface area contributed by atoms with Crippen LogP contribution < -0.4 is 5.32 Å². The second kappa shape index (κ2) is 7.77. The molecule has 1 heterocycles. The highest BCUT2D eigenvalue weighted by atomic mass is 79.9. The zero-order valence-corrected chi connectivity index (χ0v) is 10.4. The predicted octanol–water partition coefficient (Wildman–Crippen LogP) is 2.38. The van der Waals surface area contributed by atoms with Crippen LogP contribution in [0, 0.1) is 5.92 Å². The number of rotatable bonds is 4. The molecule has 0 saturated carbocycles. The minimum atomic E-state index is 0. The summed E-state index contributed by atoms with van der Waals surface area (Å²) in [7, 11) is 0. The SMILES string of the molecule is Br.CCCC(CC)C1COCCN1. The van der Waals surface area contributed by atoms with Crippen molar-refractivity contribution in [3.63, 3.8) is 0 Å². The Kier molecular flexibility index (Phi) is 8.01. The van der Waals surface area contributed by atoms with Crippen LogP contribution in [0.25, 0.3) is 0 Å². The summed E-state index contributed by atoms with van der Waals surface area (Å²) in [5, 5.41) is 3.53. The van der Waals surface area contributed by atoms with Gasteiger partial charge in [-0.2, -0.15) is 0 Å². The average Bonchev–Trinajstić information content (AvgIpc) is 2.15. The van der Waals surface area contributed by atoms with Crippen LogP contribution in [0.1, 0.15) is 33.1 Å². The van der Waals surface area contributed by atoms with Crippen molar-refractivity contribution in [2.75, 3.05) is 19.8 Å². The Balaban J connectivity index is 0.00000144. The maximum atomic E-state index is 5.45. The zero-order valence-electron chi connectivity index (χ0n) is 8.71. The number of morpholine rings is 1. The highest BCUT2D eigenvalue weighted by molar-refractivity contribution is 8.93. The van der Waals surface area contributed by atoms with Gasteiger partial charge in [-0.3, -0.25) is 0 Å². The summed E-state index contributed by atoms with van der Waals surface area (Å²) in [6, 6.07) is 0.615. The summed E-state index contributed by atoms with van der Waals surface area (Å²) in [4.78, 5) is 0. The Morgan fingerprint density at radius 2 is 2.23 bits per heavy atom. The van der Waals surface area contributed by atoms with E-state index in [0.717, 1.165) is 25.7 Å². The van der Waals surface area contributed by atoms with Crippen molar-refractivity contribution in [1.29, 1.82) is 0 Å². The third kappa shape index (κ3) is 4.43. The van der Waals surface area contributed by atoms with Crippen LogP contribution in [0.5, 0.6) is 0 Å². The van der Waals surface area contributed by atoms with Crippen LogP contribution in [0.2, 0.25) is 0 Å². The number of hydrogen-bond acceptors (Lipinski definition) is 2. The van der Waals surface area contributed by atoms with Crippen LogP contribution in [0.3, 0.4) is 0 Å². The van der Waals surface area contributed by atoms with Gasteiger partial charge in [0.15, 0.2) is 0 Å². The van der Waals surface area contributed by atoms with E-state index in [2.05, 4.69) is 19.2 Å². The third-order valence-corrected chi connectivity index (χ3v) is 2.70. The molecule has 0 bridgehead atoms. The molecular formula is C10H22BrNO. The molecule has 1 N–H and O–H groups in total. The maximum Gasteiger partial charge on any atom is 0.0622 e. The first-order valence-corrected chi connectivity index (χ1v) is 5.19. The topological polar surface area (TPSA) is 21.3 Å². The molecular weight excluding hydrogens is 230 g/mol. The Hall–Kier alpha value is 0.400. The van der Waals surface area contributed by atoms with E-state index in [1.807, 2.05) is 0 Å². The summed E-state index contributed by atoms with van der Waals surface area (Å²) in [5.74, 6) is 0.815. The lowest BCUT2D eigenvalue weighted by Crippen LogP contribution is -2.45. The van der Waals surface area contributed by atoms with Crippen molar-refractivity contribution in [2.24, 2.45) is 5.92 Å². The van der Waals surface area contributed by atoms with Crippen LogP contribution in [0.4, 0.5) is 0 Å². The fourth-order valence-corrected chi connectivity index (χ4v) is 1.95. The van der Waals surface area contributed by atoms with Gasteiger partial charge in [-0.25, -0.2) is 0 Å². The number of hydrogen-bond donors (Lipinski definition) is 1. The van der Waals surface area contributed by atoms with E-state index >= 15 is 0 Å². The molecule has 2 atom stereocenters. The molecule has 0 aliphatic carbocycles. The van der Waals surface area contributed by atoms with Gasteiger partial charge in [-0.1, -0.05) is 26.7 Å². The Morgan fingerprint density at radius 1 is 1.46 bits per heavy atom. The molecule has 0 amide bonds. The lowest BCUT2D eigenvalue weighted by molar-refractivity contribution is 0.0539. The molecule has 3 heteroatoms. The van der Waals surface area contributed by atoms with E-state index in [0.29, 0.717) is 6.04 Å². The first-order valence-electron chi connectivity index (χ1n) is 5.19. The van der Waals surface area contributed by atoms with Gasteiger partial charge in [0.2, 0.25) is 0 Å². The molecule has 1 saturated heterocycles. The summed E-state index contributed by atoms with van der Waals surface area (Å²) in [6.07, 6.45) is 3.89. The normalized spacial score (nSPS) is 24.9. The molecule has 0 aromatic carbocycles. The van der Waals surface area contributed by atoms with Crippen LogP contribution in [-0.2, 0) is 4.74 Å². The summed E-state index contributed by atoms with van der Waals surface area (Å²) in [6.45, 7) is 7.37. The monoisotopic (exact) mass is 251 g/mol. The third-order valence-electron chi connectivity index (χ3n) is 2.70. The fourth-order valence-electron chi connectivity index (χ4n) is 1.95. The standard InChI is InChI=1S/C10H21NO.BrH/c1-3-5-9(4-2)10-8-12-7-6-11-10;/h9-11H,3-8H2,1-2H3;1H. The second-order valence-electron chi connectivity index (χ2n) is 3.59. The van der Waals surface area contributed by atoms with Crippen molar-refractivity contribution in [3.8, 4) is 0 Å². The predicted molar refractivity (Wildman–Crippen MR) is 61.6 cm³/mol. The Morgan fingerprint density at radius 3 is 2.69 bits per heavy atom. The number of halogens is 1. The first-order chi connectivity index (χ1) is 5.88. The highest BCUT2D eigenvalue weighted by Crippen LogP contribution is 2.17. The van der Waals surface area contributed by atoms with Gasteiger partial charge in [0, 0.05) is 12.6 Å². The van der Waals surface area contributed by atoms with Crippen molar-refractivity contribution in [1.82, 2.24) is 5.32 Å². The van der Waals surface area contributed by atoms with Gasteiger partial charge in [0.05, 0.1) is 13.2 Å². The molecule has 0 aromatic heterocycles. The van der Waals surface area contributed by atoms with E-state index in [1.165, 1.54) is 19.3 Å². The number of nitrogens with one attached hydrogen (secondary N) is 1. The quantitative estimate of drug-likeness (QED) is 0.829. The van der Waals surface area contributed by atoms with Crippen molar-refractivity contribution < 1.29 is 4.74 Å². The van der Waals surface area contributed by atoms with E-state index in [1.54, 1.807) is 0 Å². The van der Waals surface area contributed by atoms with Gasteiger partial charge in [0.25, 0.3) is 0 Å². The van der Waals surface area contributed by atoms with Crippen LogP contribution in [-0.4, -0.2) is 25.8 Å². The van der Waals surface area contributed by atoms with Crippen LogP contribution >= 0.6 is 17.0 Å². The molecule has 80 valence electrons. The zero-order chi connectivity index (χ0) is 8.81. The molecule has 2 unspecified atom stereocenters. The molecule has 1 rings (SSSR count). The Labute approximate surface area is 92.2 Å². The van der Waals surface area contributed by atoms with E-state index in [9.17, 15) is 0 Å². The van der Waals surface area contributed by atoms with Gasteiger partial charge in [-0.15, -0.1) is 17.0 Å². The molecule has 0 radical (unpaired) electrons. The molecule has 1 aliphatic heterocycles. The maximum absolute atomic E-state index is 5.45. The van der Waals surface area contributed by atoms with Gasteiger partial charge in [0.1, 0.15) is 0 Å². The second-order valence-corrected chi connectivity index (χ2v) is 3.59. The lowest BCUT2D eigenvalue weighted by Gasteiger charge is -2.30. The average molecular weight is 252 g/mol. The highest BCUT2D eigenvalue weighted by Gasteiger charge is 2.21. The van der Waals surface area contributed by atoms with Gasteiger partial charge in [-0.05, 0) is 12.3 Å². The molecule has 2 nitrogen and oxygen atoms in total. The molecule has 13 heavy (non-hydrogen) atoms. The fraction of sp³-hybridized carbons (Fsp3) is 1.00. The van der Waals surface area contributed by atoms with E-state index in [-0.39, 0.29) is 17.0 Å². The van der Waals surface area contributed by atoms with Gasteiger partial charge < -0.3 is 10.1 Å². The molecule has 1 fully saturated rings. The minimum absolute atomic E-state index is 0. The Bertz CT molecular complexity index is 113. The number of ether oxygens (including phenoxy) is 1. The summed E-state index contributed by atoms with van der Waals surface area (Å²) in [5.41, 5.74) is 0. The van der Waals surface area contributed by atoms with Crippen molar-refractivity contribution >= 4 is 17.0 Å². The molecule has 1 aliphatic rings. The van der Waals surface area contributed by atoms with E-state index < -0.39 is 0 Å². The lowest BCUT2D eigenvalue weighted by atomic mass is 9.92. The molecule has 0 aromatic rings. The van der Waals surface area contributed by atoms with Crippen molar-refractivity contribution in [3.05, 3.63) is 0 Å². The summed E-state index contributed by atoms with van der Waals surface area (Å²) < 4.78 is 5.45. The largest absolute Gasteiger partial charge is 0.379 e. The first kappa shape index (κ1) is 13.4. The summed E-state index contributed by atoms with van der Waals surface area (Å²) >= 11 is 0.